The predicted octanol–water partition coefficient (Wildman–Crippen LogP) is 2.84. The molecule has 0 radical (unpaired) electrons. The molecule has 2 rings (SSSR count). The van der Waals surface area contributed by atoms with Crippen LogP contribution in [0.3, 0.4) is 0 Å². The fourth-order valence-electron chi connectivity index (χ4n) is 2.03. The number of unbranched alkanes of at least 4 members (excludes halogenated alkanes) is 1. The maximum absolute atomic E-state index is 5.68. The van der Waals surface area contributed by atoms with E-state index in [2.05, 4.69) is 0 Å². The van der Waals surface area contributed by atoms with Crippen molar-refractivity contribution in [1.82, 2.24) is 0 Å². The topological polar surface area (TPSA) is 70.5 Å². The van der Waals surface area contributed by atoms with Crippen LogP contribution in [0.25, 0.3) is 0 Å². The normalized spacial score (nSPS) is 10.5. The molecule has 0 aromatic heterocycles. The maximum Gasteiger partial charge on any atom is 0.119 e. The minimum atomic E-state index is 0.559. The van der Waals surface area contributed by atoms with Crippen LogP contribution in [0.5, 0.6) is 11.5 Å². The second-order valence-corrected chi connectivity index (χ2v) is 5.10. The van der Waals surface area contributed by atoms with E-state index in [4.69, 9.17) is 20.9 Å². The van der Waals surface area contributed by atoms with E-state index in [1.54, 1.807) is 0 Å². The smallest absolute Gasteiger partial charge is 0.119 e. The molecule has 0 saturated heterocycles. The highest BCUT2D eigenvalue weighted by atomic mass is 16.5. The summed E-state index contributed by atoms with van der Waals surface area (Å²) in [4.78, 5) is 0. The molecule has 4 heteroatoms. The summed E-state index contributed by atoms with van der Waals surface area (Å²) >= 11 is 0. The molecule has 0 amide bonds. The number of benzene rings is 2. The Morgan fingerprint density at radius 3 is 1.27 bits per heavy atom. The predicted molar refractivity (Wildman–Crippen MR) is 88.9 cm³/mol. The summed E-state index contributed by atoms with van der Waals surface area (Å²) in [6.07, 6.45) is 1.92. The highest BCUT2D eigenvalue weighted by molar-refractivity contribution is 5.27. The van der Waals surface area contributed by atoms with E-state index >= 15 is 0 Å². The molecule has 118 valence electrons. The van der Waals surface area contributed by atoms with Gasteiger partial charge >= 0.3 is 0 Å². The number of hydrogen-bond acceptors (Lipinski definition) is 4. The highest BCUT2D eigenvalue weighted by Gasteiger charge is 1.97. The van der Waals surface area contributed by atoms with Crippen molar-refractivity contribution in [2.45, 2.75) is 25.9 Å². The van der Waals surface area contributed by atoms with Crippen molar-refractivity contribution in [3.05, 3.63) is 59.7 Å². The van der Waals surface area contributed by atoms with Crippen molar-refractivity contribution in [3.8, 4) is 11.5 Å². The lowest BCUT2D eigenvalue weighted by Crippen LogP contribution is -2.03. The van der Waals surface area contributed by atoms with E-state index in [9.17, 15) is 0 Å². The van der Waals surface area contributed by atoms with Crippen LogP contribution in [0, 0.1) is 0 Å². The average molecular weight is 300 g/mol. The Bertz CT molecular complexity index is 487. The number of nitrogens with two attached hydrogens (primary N) is 2. The van der Waals surface area contributed by atoms with Gasteiger partial charge in [0.25, 0.3) is 0 Å². The third-order valence-electron chi connectivity index (χ3n) is 3.39. The monoisotopic (exact) mass is 300 g/mol. The van der Waals surface area contributed by atoms with Gasteiger partial charge in [-0.25, -0.2) is 0 Å². The van der Waals surface area contributed by atoms with Crippen molar-refractivity contribution < 1.29 is 9.47 Å². The van der Waals surface area contributed by atoms with E-state index in [1.165, 1.54) is 0 Å². The second kappa shape index (κ2) is 9.07. The number of ether oxygens (including phenoxy) is 2. The Hall–Kier alpha value is -2.04. The molecule has 2 aromatic carbocycles. The summed E-state index contributed by atoms with van der Waals surface area (Å²) in [5.41, 5.74) is 13.3. The Morgan fingerprint density at radius 2 is 0.955 bits per heavy atom. The molecule has 4 N–H and O–H groups in total. The van der Waals surface area contributed by atoms with E-state index < -0.39 is 0 Å². The quantitative estimate of drug-likeness (QED) is 0.699. The standard InChI is InChI=1S/C18H24N2O2/c19-13-15-3-7-17(8-4-15)21-11-1-2-12-22-18-9-5-16(14-20)6-10-18/h3-10H,1-2,11-14,19-20H2. The van der Waals surface area contributed by atoms with Crippen LogP contribution in [0.1, 0.15) is 24.0 Å². The first-order chi connectivity index (χ1) is 10.8. The van der Waals surface area contributed by atoms with Gasteiger partial charge in [-0.05, 0) is 48.2 Å². The molecule has 0 aliphatic rings. The Balaban J connectivity index is 1.58. The number of rotatable bonds is 9. The van der Waals surface area contributed by atoms with Gasteiger partial charge in [-0.1, -0.05) is 24.3 Å². The number of hydrogen-bond donors (Lipinski definition) is 2. The van der Waals surface area contributed by atoms with E-state index in [-0.39, 0.29) is 0 Å². The lowest BCUT2D eigenvalue weighted by atomic mass is 10.2. The van der Waals surface area contributed by atoms with Gasteiger partial charge in [0.1, 0.15) is 11.5 Å². The molecule has 0 unspecified atom stereocenters. The third kappa shape index (κ3) is 5.39. The van der Waals surface area contributed by atoms with E-state index in [0.717, 1.165) is 35.5 Å². The van der Waals surface area contributed by atoms with Crippen LogP contribution >= 0.6 is 0 Å². The van der Waals surface area contributed by atoms with Crippen molar-refractivity contribution >= 4 is 0 Å². The van der Waals surface area contributed by atoms with Crippen LogP contribution in [0.2, 0.25) is 0 Å². The SMILES string of the molecule is NCc1ccc(OCCCCOc2ccc(CN)cc2)cc1. The van der Waals surface area contributed by atoms with E-state index in [1.807, 2.05) is 48.5 Å². The van der Waals surface area contributed by atoms with Crippen LogP contribution in [0.4, 0.5) is 0 Å². The molecule has 0 bridgehead atoms. The molecule has 0 fully saturated rings. The summed E-state index contributed by atoms with van der Waals surface area (Å²) in [5.74, 6) is 1.77. The molecule has 0 heterocycles. The van der Waals surface area contributed by atoms with Gasteiger partial charge in [0.05, 0.1) is 13.2 Å². The molecular weight excluding hydrogens is 276 g/mol. The van der Waals surface area contributed by atoms with Crippen molar-refractivity contribution in [2.24, 2.45) is 11.5 Å². The molecule has 0 aliphatic carbocycles. The fourth-order valence-corrected chi connectivity index (χ4v) is 2.03. The lowest BCUT2D eigenvalue weighted by Gasteiger charge is -2.08. The van der Waals surface area contributed by atoms with Crippen LogP contribution < -0.4 is 20.9 Å². The first kappa shape index (κ1) is 16.3. The zero-order valence-corrected chi connectivity index (χ0v) is 12.8. The average Bonchev–Trinajstić information content (AvgIpc) is 2.59. The van der Waals surface area contributed by atoms with Gasteiger partial charge < -0.3 is 20.9 Å². The summed E-state index contributed by atoms with van der Waals surface area (Å²) in [6, 6.07) is 15.8. The van der Waals surface area contributed by atoms with Gasteiger partial charge in [0, 0.05) is 13.1 Å². The maximum atomic E-state index is 5.68. The summed E-state index contributed by atoms with van der Waals surface area (Å²) < 4.78 is 11.4. The van der Waals surface area contributed by atoms with Gasteiger partial charge in [0.15, 0.2) is 0 Å². The molecule has 0 aliphatic heterocycles. The second-order valence-electron chi connectivity index (χ2n) is 5.10. The molecular formula is C18H24N2O2. The van der Waals surface area contributed by atoms with Crippen molar-refractivity contribution in [1.29, 1.82) is 0 Å². The Labute approximate surface area is 132 Å². The molecule has 2 aromatic rings. The molecule has 0 spiro atoms. The van der Waals surface area contributed by atoms with Gasteiger partial charge in [-0.3, -0.25) is 0 Å². The van der Waals surface area contributed by atoms with Crippen molar-refractivity contribution in [2.75, 3.05) is 13.2 Å². The molecule has 0 atom stereocenters. The minimum Gasteiger partial charge on any atom is -0.494 e. The summed E-state index contributed by atoms with van der Waals surface area (Å²) in [7, 11) is 0. The van der Waals surface area contributed by atoms with Gasteiger partial charge in [-0.2, -0.15) is 0 Å². The molecule has 4 nitrogen and oxygen atoms in total. The van der Waals surface area contributed by atoms with Crippen LogP contribution in [-0.4, -0.2) is 13.2 Å². The highest BCUT2D eigenvalue weighted by Crippen LogP contribution is 2.14. The first-order valence-electron chi connectivity index (χ1n) is 7.65. The summed E-state index contributed by atoms with van der Waals surface area (Å²) in [5, 5.41) is 0. The van der Waals surface area contributed by atoms with Gasteiger partial charge in [-0.15, -0.1) is 0 Å². The third-order valence-corrected chi connectivity index (χ3v) is 3.39. The van der Waals surface area contributed by atoms with E-state index in [0.29, 0.717) is 26.3 Å². The van der Waals surface area contributed by atoms with Crippen molar-refractivity contribution in [3.63, 3.8) is 0 Å². The largest absolute Gasteiger partial charge is 0.494 e. The Kier molecular flexibility index (Phi) is 6.74. The Morgan fingerprint density at radius 1 is 0.591 bits per heavy atom. The summed E-state index contributed by atoms with van der Waals surface area (Å²) in [6.45, 7) is 2.50. The van der Waals surface area contributed by atoms with Crippen LogP contribution in [-0.2, 0) is 13.1 Å². The minimum absolute atomic E-state index is 0.559. The fraction of sp³-hybridized carbons (Fsp3) is 0.333. The zero-order valence-electron chi connectivity index (χ0n) is 12.8. The molecule has 0 saturated carbocycles. The first-order valence-corrected chi connectivity index (χ1v) is 7.65. The van der Waals surface area contributed by atoms with Crippen LogP contribution in [0.15, 0.2) is 48.5 Å². The van der Waals surface area contributed by atoms with Gasteiger partial charge in [0.2, 0.25) is 0 Å². The molecule has 22 heavy (non-hydrogen) atoms. The zero-order chi connectivity index (χ0) is 15.6. The lowest BCUT2D eigenvalue weighted by molar-refractivity contribution is 0.266.